The molecule has 0 saturated carbocycles. The van der Waals surface area contributed by atoms with E-state index >= 15 is 0 Å². The Balaban J connectivity index is 0.000000192. The number of nitro groups is 1. The molecule has 12 nitrogen and oxygen atoms in total. The number of aromatic nitrogens is 8. The molecule has 0 spiro atoms. The lowest BCUT2D eigenvalue weighted by Crippen LogP contribution is -2.14. The Hall–Kier alpha value is -4.64. The SMILES string of the molecule is Nc1cnc(-n2nccn2)c(C(F)(F)F)c1.O=[N+]([O-])c1cnc(-n2nccn2)c(C(F)(F)F)c1. The Morgan fingerprint density at radius 2 is 1.18 bits per heavy atom. The maximum absolute atomic E-state index is 12.8. The molecular formula is C16H10F6N10O2. The number of hydrogen-bond donors (Lipinski definition) is 1. The van der Waals surface area contributed by atoms with Gasteiger partial charge in [-0.1, -0.05) is 0 Å². The van der Waals surface area contributed by atoms with Gasteiger partial charge in [0.2, 0.25) is 0 Å². The molecule has 4 aromatic heterocycles. The zero-order valence-corrected chi connectivity index (χ0v) is 16.3. The fourth-order valence-corrected chi connectivity index (χ4v) is 2.41. The Labute approximate surface area is 183 Å². The Morgan fingerprint density at radius 1 is 0.765 bits per heavy atom. The third-order valence-electron chi connectivity index (χ3n) is 3.78. The number of rotatable bonds is 3. The summed E-state index contributed by atoms with van der Waals surface area (Å²) in [4.78, 5) is 17.9. The van der Waals surface area contributed by atoms with Gasteiger partial charge in [0.1, 0.15) is 17.3 Å². The standard InChI is InChI=1S/C8H4F3N5O2.C8H6F3N5/c9-8(10,11)6-3-5(16(17)18)4-12-7(6)15-13-1-2-14-15;9-8(10,11)6-3-5(12)4-13-7(6)16-14-1-2-15-16/h1-4H;1-4H,12H2. The highest BCUT2D eigenvalue weighted by molar-refractivity contribution is 5.46. The summed E-state index contributed by atoms with van der Waals surface area (Å²) >= 11 is 0. The summed E-state index contributed by atoms with van der Waals surface area (Å²) in [7, 11) is 0. The topological polar surface area (TPSA) is 156 Å². The van der Waals surface area contributed by atoms with E-state index in [0.29, 0.717) is 17.1 Å². The van der Waals surface area contributed by atoms with Crippen molar-refractivity contribution in [2.75, 3.05) is 5.73 Å². The lowest BCUT2D eigenvalue weighted by atomic mass is 10.2. The molecule has 0 aliphatic heterocycles. The number of anilines is 1. The Bertz CT molecular complexity index is 1270. The van der Waals surface area contributed by atoms with Gasteiger partial charge in [-0.3, -0.25) is 10.1 Å². The normalized spacial score (nSPS) is 11.6. The van der Waals surface area contributed by atoms with E-state index in [1.165, 1.54) is 24.8 Å². The third-order valence-corrected chi connectivity index (χ3v) is 3.78. The molecule has 0 saturated heterocycles. The van der Waals surface area contributed by atoms with Crippen LogP contribution in [0.2, 0.25) is 0 Å². The molecule has 4 aromatic rings. The van der Waals surface area contributed by atoms with E-state index in [2.05, 4.69) is 30.4 Å². The van der Waals surface area contributed by atoms with E-state index in [0.717, 1.165) is 17.1 Å². The summed E-state index contributed by atoms with van der Waals surface area (Å²) in [6.45, 7) is 0. The van der Waals surface area contributed by atoms with Crippen LogP contribution >= 0.6 is 0 Å². The molecule has 0 unspecified atom stereocenters. The van der Waals surface area contributed by atoms with E-state index in [-0.39, 0.29) is 5.69 Å². The molecule has 18 heteroatoms. The van der Waals surface area contributed by atoms with Crippen LogP contribution in [0, 0.1) is 10.1 Å². The van der Waals surface area contributed by atoms with Gasteiger partial charge in [0, 0.05) is 6.07 Å². The van der Waals surface area contributed by atoms with Crippen LogP contribution in [0.4, 0.5) is 37.7 Å². The zero-order valence-electron chi connectivity index (χ0n) is 16.3. The second-order valence-corrected chi connectivity index (χ2v) is 6.09. The van der Waals surface area contributed by atoms with E-state index in [9.17, 15) is 36.5 Å². The van der Waals surface area contributed by atoms with Crippen molar-refractivity contribution in [2.45, 2.75) is 12.4 Å². The number of nitrogens with two attached hydrogens (primary N) is 1. The maximum atomic E-state index is 12.8. The van der Waals surface area contributed by atoms with Crippen molar-refractivity contribution >= 4 is 11.4 Å². The second kappa shape index (κ2) is 9.08. The molecule has 0 bridgehead atoms. The van der Waals surface area contributed by atoms with Crippen LogP contribution in [0.3, 0.4) is 0 Å². The fraction of sp³-hybridized carbons (Fsp3) is 0.125. The molecule has 0 fully saturated rings. The summed E-state index contributed by atoms with van der Waals surface area (Å²) in [6.07, 6.45) is -2.64. The molecular weight excluding hydrogens is 478 g/mol. The summed E-state index contributed by atoms with van der Waals surface area (Å²) in [5.41, 5.74) is 2.21. The van der Waals surface area contributed by atoms with E-state index < -0.39 is 45.7 Å². The molecule has 178 valence electrons. The van der Waals surface area contributed by atoms with Crippen LogP contribution in [0.5, 0.6) is 0 Å². The van der Waals surface area contributed by atoms with Crippen LogP contribution in [-0.2, 0) is 12.4 Å². The number of alkyl halides is 6. The van der Waals surface area contributed by atoms with Crippen molar-refractivity contribution in [1.29, 1.82) is 0 Å². The van der Waals surface area contributed by atoms with Gasteiger partial charge in [0.05, 0.1) is 41.6 Å². The molecule has 0 aliphatic rings. The number of nitrogens with zero attached hydrogens (tertiary/aromatic N) is 9. The quantitative estimate of drug-likeness (QED) is 0.260. The van der Waals surface area contributed by atoms with E-state index in [4.69, 9.17) is 5.73 Å². The second-order valence-electron chi connectivity index (χ2n) is 6.09. The fourth-order valence-electron chi connectivity index (χ4n) is 2.41. The third kappa shape index (κ3) is 5.40. The van der Waals surface area contributed by atoms with Gasteiger partial charge >= 0.3 is 12.4 Å². The van der Waals surface area contributed by atoms with Gasteiger partial charge in [-0.2, -0.15) is 46.7 Å². The van der Waals surface area contributed by atoms with E-state index in [1.807, 2.05) is 0 Å². The van der Waals surface area contributed by atoms with Crippen LogP contribution in [-0.4, -0.2) is 44.9 Å². The van der Waals surface area contributed by atoms with Crippen LogP contribution in [0.1, 0.15) is 11.1 Å². The average molecular weight is 488 g/mol. The Kier molecular flexibility index (Phi) is 6.41. The van der Waals surface area contributed by atoms with Crippen molar-refractivity contribution in [1.82, 2.24) is 40.0 Å². The van der Waals surface area contributed by atoms with Gasteiger partial charge < -0.3 is 5.73 Å². The first-order valence-electron chi connectivity index (χ1n) is 8.65. The van der Waals surface area contributed by atoms with Crippen LogP contribution in [0.15, 0.2) is 49.3 Å². The molecule has 0 aliphatic carbocycles. The van der Waals surface area contributed by atoms with Crippen LogP contribution in [0.25, 0.3) is 11.6 Å². The molecule has 34 heavy (non-hydrogen) atoms. The monoisotopic (exact) mass is 488 g/mol. The highest BCUT2D eigenvalue weighted by Gasteiger charge is 2.37. The van der Waals surface area contributed by atoms with Crippen molar-refractivity contribution < 1.29 is 31.3 Å². The predicted molar refractivity (Wildman–Crippen MR) is 99.4 cm³/mol. The minimum absolute atomic E-state index is 0.0665. The lowest BCUT2D eigenvalue weighted by Gasteiger charge is -2.11. The molecule has 2 N–H and O–H groups in total. The van der Waals surface area contributed by atoms with Crippen LogP contribution < -0.4 is 5.73 Å². The van der Waals surface area contributed by atoms with Gasteiger partial charge in [-0.15, -0.1) is 9.59 Å². The Morgan fingerprint density at radius 3 is 1.59 bits per heavy atom. The number of pyridine rings is 2. The van der Waals surface area contributed by atoms with Crippen molar-refractivity contribution in [3.63, 3.8) is 0 Å². The molecule has 0 aromatic carbocycles. The molecule has 0 radical (unpaired) electrons. The molecule has 0 atom stereocenters. The highest BCUT2D eigenvalue weighted by Crippen LogP contribution is 2.35. The maximum Gasteiger partial charge on any atom is 0.420 e. The number of hydrogen-bond acceptors (Lipinski definition) is 9. The first-order valence-corrected chi connectivity index (χ1v) is 8.65. The minimum Gasteiger partial charge on any atom is -0.397 e. The van der Waals surface area contributed by atoms with E-state index in [1.54, 1.807) is 0 Å². The van der Waals surface area contributed by atoms with Gasteiger partial charge in [-0.05, 0) is 6.07 Å². The number of halogens is 6. The van der Waals surface area contributed by atoms with Gasteiger partial charge in [-0.25, -0.2) is 9.97 Å². The molecule has 0 amide bonds. The zero-order chi connectivity index (χ0) is 25.1. The number of nitrogen functional groups attached to an aromatic ring is 1. The van der Waals surface area contributed by atoms with Gasteiger partial charge in [0.15, 0.2) is 11.6 Å². The summed E-state index contributed by atoms with van der Waals surface area (Å²) < 4.78 is 76.2. The van der Waals surface area contributed by atoms with Gasteiger partial charge in [0.25, 0.3) is 5.69 Å². The average Bonchev–Trinajstić information content (AvgIpc) is 3.47. The summed E-state index contributed by atoms with van der Waals surface area (Å²) in [6, 6.07) is 1.19. The van der Waals surface area contributed by atoms with Crippen molar-refractivity contribution in [2.24, 2.45) is 0 Å². The first kappa shape index (κ1) is 24.0. The summed E-state index contributed by atoms with van der Waals surface area (Å²) in [5, 5.41) is 24.6. The first-order chi connectivity index (χ1) is 15.9. The minimum atomic E-state index is -4.79. The molecule has 4 heterocycles. The lowest BCUT2D eigenvalue weighted by molar-refractivity contribution is -0.385. The van der Waals surface area contributed by atoms with Crippen molar-refractivity contribution in [3.05, 3.63) is 70.6 Å². The van der Waals surface area contributed by atoms with Crippen molar-refractivity contribution in [3.8, 4) is 11.6 Å². The predicted octanol–water partition coefficient (Wildman–Crippen LogP) is 2.85. The smallest absolute Gasteiger partial charge is 0.397 e. The molecule has 4 rings (SSSR count). The highest BCUT2D eigenvalue weighted by atomic mass is 19.4. The summed E-state index contributed by atoms with van der Waals surface area (Å²) in [5.74, 6) is -1.01. The largest absolute Gasteiger partial charge is 0.420 e.